The Hall–Kier alpha value is -1.17. The standard InChI is InChI=1S/C13H19FN2O2/c1-17-13-3-2-10(6-12(13)14)7-16-9-11-8-15-4-5-18-11/h2-3,6,11,15-16H,4-5,7-9H2,1H3. The summed E-state index contributed by atoms with van der Waals surface area (Å²) >= 11 is 0. The van der Waals surface area contributed by atoms with E-state index in [1.54, 1.807) is 6.07 Å². The lowest BCUT2D eigenvalue weighted by molar-refractivity contribution is 0.0290. The lowest BCUT2D eigenvalue weighted by atomic mass is 10.2. The van der Waals surface area contributed by atoms with Crippen LogP contribution < -0.4 is 15.4 Å². The van der Waals surface area contributed by atoms with E-state index in [9.17, 15) is 4.39 Å². The summed E-state index contributed by atoms with van der Waals surface area (Å²) in [4.78, 5) is 0. The highest BCUT2D eigenvalue weighted by Gasteiger charge is 2.12. The molecule has 1 aromatic rings. The smallest absolute Gasteiger partial charge is 0.165 e. The van der Waals surface area contributed by atoms with E-state index in [0.29, 0.717) is 6.54 Å². The third kappa shape index (κ3) is 3.66. The Kier molecular flexibility index (Phi) is 4.92. The van der Waals surface area contributed by atoms with E-state index in [1.165, 1.54) is 13.2 Å². The molecule has 1 aliphatic rings. The molecule has 0 amide bonds. The van der Waals surface area contributed by atoms with Crippen molar-refractivity contribution in [3.8, 4) is 5.75 Å². The van der Waals surface area contributed by atoms with Crippen LogP contribution in [0.4, 0.5) is 4.39 Å². The second-order valence-corrected chi connectivity index (χ2v) is 4.30. The van der Waals surface area contributed by atoms with Crippen LogP contribution in [0.5, 0.6) is 5.75 Å². The molecule has 1 atom stereocenters. The molecule has 0 spiro atoms. The molecule has 0 radical (unpaired) electrons. The minimum Gasteiger partial charge on any atom is -0.494 e. The zero-order valence-electron chi connectivity index (χ0n) is 10.5. The summed E-state index contributed by atoms with van der Waals surface area (Å²) in [5, 5.41) is 6.53. The van der Waals surface area contributed by atoms with Crippen molar-refractivity contribution in [2.75, 3.05) is 33.4 Å². The maximum atomic E-state index is 13.4. The van der Waals surface area contributed by atoms with E-state index in [0.717, 1.165) is 31.8 Å². The van der Waals surface area contributed by atoms with Crippen LogP contribution in [0.1, 0.15) is 5.56 Å². The molecule has 1 heterocycles. The monoisotopic (exact) mass is 254 g/mol. The number of benzene rings is 1. The van der Waals surface area contributed by atoms with E-state index in [-0.39, 0.29) is 17.7 Å². The first kappa shape index (κ1) is 13.3. The van der Waals surface area contributed by atoms with Gasteiger partial charge in [0, 0.05) is 26.2 Å². The van der Waals surface area contributed by atoms with Gasteiger partial charge in [-0.05, 0) is 17.7 Å². The Labute approximate surface area is 106 Å². The number of rotatable bonds is 5. The van der Waals surface area contributed by atoms with E-state index in [2.05, 4.69) is 10.6 Å². The van der Waals surface area contributed by atoms with Gasteiger partial charge in [-0.2, -0.15) is 0 Å². The van der Waals surface area contributed by atoms with Gasteiger partial charge in [0.25, 0.3) is 0 Å². The third-order valence-electron chi connectivity index (χ3n) is 2.92. The van der Waals surface area contributed by atoms with Crippen LogP contribution >= 0.6 is 0 Å². The predicted molar refractivity (Wildman–Crippen MR) is 67.3 cm³/mol. The minimum absolute atomic E-state index is 0.196. The van der Waals surface area contributed by atoms with Gasteiger partial charge in [-0.3, -0.25) is 0 Å². The van der Waals surface area contributed by atoms with E-state index < -0.39 is 0 Å². The molecular weight excluding hydrogens is 235 g/mol. The molecule has 1 saturated heterocycles. The fraction of sp³-hybridized carbons (Fsp3) is 0.538. The number of ether oxygens (including phenoxy) is 2. The van der Waals surface area contributed by atoms with Crippen molar-refractivity contribution in [2.24, 2.45) is 0 Å². The summed E-state index contributed by atoms with van der Waals surface area (Å²) in [5.74, 6) is -0.0500. The summed E-state index contributed by atoms with van der Waals surface area (Å²) < 4.78 is 23.9. The molecule has 2 N–H and O–H groups in total. The van der Waals surface area contributed by atoms with Gasteiger partial charge >= 0.3 is 0 Å². The van der Waals surface area contributed by atoms with Crippen LogP contribution in [-0.2, 0) is 11.3 Å². The lowest BCUT2D eigenvalue weighted by Crippen LogP contribution is -2.43. The molecule has 0 aliphatic carbocycles. The molecule has 0 saturated carbocycles. The highest BCUT2D eigenvalue weighted by Crippen LogP contribution is 2.17. The van der Waals surface area contributed by atoms with Gasteiger partial charge in [-0.15, -0.1) is 0 Å². The Morgan fingerprint density at radius 3 is 3.11 bits per heavy atom. The molecule has 1 aromatic carbocycles. The Balaban J connectivity index is 1.77. The molecule has 5 heteroatoms. The summed E-state index contributed by atoms with van der Waals surface area (Å²) in [6.45, 7) is 3.93. The first-order chi connectivity index (χ1) is 8.79. The molecule has 100 valence electrons. The summed E-state index contributed by atoms with van der Waals surface area (Å²) in [7, 11) is 1.46. The molecule has 1 aliphatic heterocycles. The topological polar surface area (TPSA) is 42.5 Å². The maximum absolute atomic E-state index is 13.4. The van der Waals surface area contributed by atoms with Crippen molar-refractivity contribution >= 4 is 0 Å². The molecule has 0 aromatic heterocycles. The fourth-order valence-corrected chi connectivity index (χ4v) is 1.95. The van der Waals surface area contributed by atoms with Gasteiger partial charge < -0.3 is 20.1 Å². The van der Waals surface area contributed by atoms with Crippen molar-refractivity contribution in [3.63, 3.8) is 0 Å². The SMILES string of the molecule is COc1ccc(CNCC2CNCCO2)cc1F. The van der Waals surface area contributed by atoms with Gasteiger partial charge in [0.2, 0.25) is 0 Å². The second-order valence-electron chi connectivity index (χ2n) is 4.30. The summed E-state index contributed by atoms with van der Waals surface area (Å²) in [6.07, 6.45) is 0.196. The molecule has 18 heavy (non-hydrogen) atoms. The average molecular weight is 254 g/mol. The normalized spacial score (nSPS) is 19.8. The Morgan fingerprint density at radius 1 is 1.56 bits per heavy atom. The summed E-state index contributed by atoms with van der Waals surface area (Å²) in [6, 6.07) is 4.99. The van der Waals surface area contributed by atoms with Crippen LogP contribution in [0.2, 0.25) is 0 Å². The molecule has 0 bridgehead atoms. The number of morpholine rings is 1. The van der Waals surface area contributed by atoms with Gasteiger partial charge in [-0.25, -0.2) is 4.39 Å². The fourth-order valence-electron chi connectivity index (χ4n) is 1.95. The lowest BCUT2D eigenvalue weighted by Gasteiger charge is -2.23. The quantitative estimate of drug-likeness (QED) is 0.820. The Morgan fingerprint density at radius 2 is 2.44 bits per heavy atom. The maximum Gasteiger partial charge on any atom is 0.165 e. The minimum atomic E-state index is -0.326. The number of methoxy groups -OCH3 is 1. The number of nitrogens with one attached hydrogen (secondary N) is 2. The van der Waals surface area contributed by atoms with Crippen molar-refractivity contribution in [1.29, 1.82) is 0 Å². The highest BCUT2D eigenvalue weighted by molar-refractivity contribution is 5.29. The van der Waals surface area contributed by atoms with Crippen LogP contribution in [-0.4, -0.2) is 39.5 Å². The van der Waals surface area contributed by atoms with Gasteiger partial charge in [0.1, 0.15) is 0 Å². The number of halogens is 1. The van der Waals surface area contributed by atoms with E-state index >= 15 is 0 Å². The molecule has 1 unspecified atom stereocenters. The third-order valence-corrected chi connectivity index (χ3v) is 2.92. The van der Waals surface area contributed by atoms with Crippen molar-refractivity contribution in [1.82, 2.24) is 10.6 Å². The first-order valence-electron chi connectivity index (χ1n) is 6.15. The van der Waals surface area contributed by atoms with Gasteiger partial charge in [0.05, 0.1) is 19.8 Å². The van der Waals surface area contributed by atoms with Crippen molar-refractivity contribution in [2.45, 2.75) is 12.6 Å². The molecular formula is C13H19FN2O2. The Bertz CT molecular complexity index is 381. The first-order valence-corrected chi connectivity index (χ1v) is 6.15. The van der Waals surface area contributed by atoms with Gasteiger partial charge in [0.15, 0.2) is 11.6 Å². The van der Waals surface area contributed by atoms with Crippen LogP contribution in [0, 0.1) is 5.82 Å². The van der Waals surface area contributed by atoms with Crippen LogP contribution in [0.3, 0.4) is 0 Å². The van der Waals surface area contributed by atoms with Gasteiger partial charge in [-0.1, -0.05) is 6.07 Å². The zero-order chi connectivity index (χ0) is 12.8. The summed E-state index contributed by atoms with van der Waals surface area (Å²) in [5.41, 5.74) is 0.900. The van der Waals surface area contributed by atoms with E-state index in [1.807, 2.05) is 6.07 Å². The van der Waals surface area contributed by atoms with Crippen molar-refractivity contribution in [3.05, 3.63) is 29.6 Å². The van der Waals surface area contributed by atoms with Crippen molar-refractivity contribution < 1.29 is 13.9 Å². The predicted octanol–water partition coefficient (Wildman–Crippen LogP) is 0.912. The van der Waals surface area contributed by atoms with E-state index in [4.69, 9.17) is 9.47 Å². The van der Waals surface area contributed by atoms with Crippen LogP contribution in [0.15, 0.2) is 18.2 Å². The average Bonchev–Trinajstić information content (AvgIpc) is 2.40. The molecule has 4 nitrogen and oxygen atoms in total. The molecule has 2 rings (SSSR count). The zero-order valence-corrected chi connectivity index (χ0v) is 10.5. The number of hydrogen-bond acceptors (Lipinski definition) is 4. The number of hydrogen-bond donors (Lipinski definition) is 2. The highest BCUT2D eigenvalue weighted by atomic mass is 19.1. The van der Waals surface area contributed by atoms with Crippen LogP contribution in [0.25, 0.3) is 0 Å². The largest absolute Gasteiger partial charge is 0.494 e. The second kappa shape index (κ2) is 6.68. The molecule has 1 fully saturated rings.